The van der Waals surface area contributed by atoms with E-state index in [1.807, 2.05) is 12.1 Å². The normalized spacial score (nSPS) is 26.7. The van der Waals surface area contributed by atoms with E-state index >= 15 is 0 Å². The number of benzene rings is 1. The average molecular weight is 412 g/mol. The van der Waals surface area contributed by atoms with Gasteiger partial charge in [-0.25, -0.2) is 0 Å². The lowest BCUT2D eigenvalue weighted by atomic mass is 9.90. The Morgan fingerprint density at radius 2 is 2.00 bits per heavy atom. The lowest BCUT2D eigenvalue weighted by Crippen LogP contribution is -2.55. The standard InChI is InChI=1S/C22H28N4O4/c27-19-5-4-18(20(28)24-19)26-13-17-15(2-1-3-16(17)21(26)29)12-25-10-11-30-22(14-25)6-8-23-9-7-22/h1-3,18,23H,4-14H2,(H,24,27,28). The number of piperidine rings is 2. The minimum atomic E-state index is -0.572. The third-order valence-electron chi connectivity index (χ3n) is 6.92. The molecule has 1 unspecified atom stereocenters. The largest absolute Gasteiger partial charge is 0.372 e. The molecule has 1 aromatic rings. The van der Waals surface area contributed by atoms with Crippen LogP contribution in [0.5, 0.6) is 0 Å². The van der Waals surface area contributed by atoms with E-state index in [1.54, 1.807) is 4.90 Å². The van der Waals surface area contributed by atoms with Crippen LogP contribution < -0.4 is 10.6 Å². The quantitative estimate of drug-likeness (QED) is 0.699. The van der Waals surface area contributed by atoms with Crippen molar-refractivity contribution in [3.8, 4) is 0 Å². The monoisotopic (exact) mass is 412 g/mol. The zero-order chi connectivity index (χ0) is 20.7. The second-order valence-electron chi connectivity index (χ2n) is 8.84. The molecule has 3 fully saturated rings. The Hall–Kier alpha value is -2.29. The summed E-state index contributed by atoms with van der Waals surface area (Å²) in [6, 6.07) is 5.29. The second kappa shape index (κ2) is 7.76. The van der Waals surface area contributed by atoms with Crippen molar-refractivity contribution in [3.63, 3.8) is 0 Å². The first-order valence-electron chi connectivity index (χ1n) is 10.9. The maximum absolute atomic E-state index is 13.0. The predicted octanol–water partition coefficient (Wildman–Crippen LogP) is 0.402. The maximum Gasteiger partial charge on any atom is 0.255 e. The predicted molar refractivity (Wildman–Crippen MR) is 109 cm³/mol. The summed E-state index contributed by atoms with van der Waals surface area (Å²) in [5.74, 6) is -0.742. The molecule has 2 N–H and O–H groups in total. The summed E-state index contributed by atoms with van der Waals surface area (Å²) in [6.07, 6.45) is 2.71. The molecule has 160 valence electrons. The van der Waals surface area contributed by atoms with Gasteiger partial charge in [-0.15, -0.1) is 0 Å². The van der Waals surface area contributed by atoms with Crippen molar-refractivity contribution in [2.75, 3.05) is 32.8 Å². The first kappa shape index (κ1) is 19.7. The Balaban J connectivity index is 1.33. The highest BCUT2D eigenvalue weighted by Crippen LogP contribution is 2.32. The first-order chi connectivity index (χ1) is 14.5. The molecule has 0 radical (unpaired) electrons. The number of nitrogens with zero attached hydrogens (tertiary/aromatic N) is 2. The van der Waals surface area contributed by atoms with Gasteiger partial charge >= 0.3 is 0 Å². The van der Waals surface area contributed by atoms with E-state index in [9.17, 15) is 14.4 Å². The molecule has 1 spiro atoms. The molecule has 1 aromatic carbocycles. The van der Waals surface area contributed by atoms with E-state index < -0.39 is 6.04 Å². The lowest BCUT2D eigenvalue weighted by Gasteiger charge is -2.45. The van der Waals surface area contributed by atoms with Crippen LogP contribution in [-0.2, 0) is 27.4 Å². The number of hydrogen-bond donors (Lipinski definition) is 2. The zero-order valence-corrected chi connectivity index (χ0v) is 17.1. The van der Waals surface area contributed by atoms with Crippen molar-refractivity contribution in [1.82, 2.24) is 20.4 Å². The van der Waals surface area contributed by atoms with Gasteiger partial charge in [0.05, 0.1) is 12.2 Å². The van der Waals surface area contributed by atoms with Gasteiger partial charge in [0.2, 0.25) is 11.8 Å². The van der Waals surface area contributed by atoms with Crippen LogP contribution in [0.4, 0.5) is 0 Å². The van der Waals surface area contributed by atoms with Gasteiger partial charge < -0.3 is 15.0 Å². The van der Waals surface area contributed by atoms with E-state index in [0.717, 1.165) is 63.3 Å². The second-order valence-corrected chi connectivity index (χ2v) is 8.84. The van der Waals surface area contributed by atoms with Gasteiger partial charge in [-0.3, -0.25) is 24.6 Å². The summed E-state index contributed by atoms with van der Waals surface area (Å²) in [4.78, 5) is 40.9. The summed E-state index contributed by atoms with van der Waals surface area (Å²) in [5.41, 5.74) is 2.78. The van der Waals surface area contributed by atoms with E-state index in [0.29, 0.717) is 18.5 Å². The van der Waals surface area contributed by atoms with Crippen molar-refractivity contribution in [2.24, 2.45) is 0 Å². The van der Waals surface area contributed by atoms with Crippen molar-refractivity contribution in [2.45, 2.75) is 50.4 Å². The molecule has 4 aliphatic heterocycles. The molecule has 0 aliphatic carbocycles. The van der Waals surface area contributed by atoms with Gasteiger partial charge in [0.1, 0.15) is 6.04 Å². The van der Waals surface area contributed by atoms with Crippen LogP contribution in [0, 0.1) is 0 Å². The third kappa shape index (κ3) is 3.53. The number of rotatable bonds is 3. The molecule has 5 rings (SSSR count). The molecule has 30 heavy (non-hydrogen) atoms. The topological polar surface area (TPSA) is 91.0 Å². The van der Waals surface area contributed by atoms with Gasteiger partial charge in [0, 0.05) is 38.2 Å². The Morgan fingerprint density at radius 3 is 2.80 bits per heavy atom. The number of morpholine rings is 1. The van der Waals surface area contributed by atoms with Gasteiger partial charge in [-0.05, 0) is 49.5 Å². The summed E-state index contributed by atoms with van der Waals surface area (Å²) < 4.78 is 6.18. The fourth-order valence-corrected chi connectivity index (χ4v) is 5.28. The van der Waals surface area contributed by atoms with Crippen molar-refractivity contribution >= 4 is 17.7 Å². The minimum absolute atomic E-state index is 0.0595. The van der Waals surface area contributed by atoms with Gasteiger partial charge in [-0.2, -0.15) is 0 Å². The van der Waals surface area contributed by atoms with Crippen LogP contribution in [-0.4, -0.2) is 72.0 Å². The average Bonchev–Trinajstić information content (AvgIpc) is 3.06. The molecule has 4 heterocycles. The number of carbonyl (C=O) groups excluding carboxylic acids is 3. The summed E-state index contributed by atoms with van der Waals surface area (Å²) >= 11 is 0. The summed E-state index contributed by atoms with van der Waals surface area (Å²) in [7, 11) is 0. The molecule has 8 nitrogen and oxygen atoms in total. The Bertz CT molecular complexity index is 874. The molecule has 1 atom stereocenters. The molecule has 0 bridgehead atoms. The van der Waals surface area contributed by atoms with Crippen molar-refractivity contribution < 1.29 is 19.1 Å². The third-order valence-corrected chi connectivity index (χ3v) is 6.92. The Morgan fingerprint density at radius 1 is 1.17 bits per heavy atom. The molecule has 3 amide bonds. The molecule has 0 aromatic heterocycles. The minimum Gasteiger partial charge on any atom is -0.372 e. The highest BCUT2D eigenvalue weighted by Gasteiger charge is 2.41. The van der Waals surface area contributed by atoms with Crippen LogP contribution in [0.2, 0.25) is 0 Å². The van der Waals surface area contributed by atoms with E-state index in [4.69, 9.17) is 4.74 Å². The highest BCUT2D eigenvalue weighted by molar-refractivity contribution is 6.05. The van der Waals surface area contributed by atoms with Gasteiger partial charge in [-0.1, -0.05) is 12.1 Å². The van der Waals surface area contributed by atoms with Crippen LogP contribution in [0.25, 0.3) is 0 Å². The SMILES string of the molecule is O=C1CCC(N2Cc3c(CN4CCOC5(CCNCC5)C4)cccc3C2=O)C(=O)N1. The molecule has 8 heteroatoms. The molecule has 3 saturated heterocycles. The number of amides is 3. The van der Waals surface area contributed by atoms with Crippen LogP contribution in [0.3, 0.4) is 0 Å². The zero-order valence-electron chi connectivity index (χ0n) is 17.1. The molecular weight excluding hydrogens is 384 g/mol. The van der Waals surface area contributed by atoms with Crippen molar-refractivity contribution in [1.29, 1.82) is 0 Å². The number of fused-ring (bicyclic) bond motifs is 1. The summed E-state index contributed by atoms with van der Waals surface area (Å²) in [6.45, 7) is 5.70. The van der Waals surface area contributed by atoms with E-state index in [2.05, 4.69) is 21.6 Å². The van der Waals surface area contributed by atoms with E-state index in [-0.39, 0.29) is 29.7 Å². The number of hydrogen-bond acceptors (Lipinski definition) is 6. The number of carbonyl (C=O) groups is 3. The van der Waals surface area contributed by atoms with Crippen molar-refractivity contribution in [3.05, 3.63) is 34.9 Å². The lowest BCUT2D eigenvalue weighted by molar-refractivity contribution is -0.137. The van der Waals surface area contributed by atoms with Gasteiger partial charge in [0.25, 0.3) is 5.91 Å². The number of ether oxygens (including phenoxy) is 1. The van der Waals surface area contributed by atoms with Crippen LogP contribution in [0.1, 0.15) is 47.2 Å². The number of imide groups is 1. The summed E-state index contributed by atoms with van der Waals surface area (Å²) in [5, 5.41) is 5.77. The highest BCUT2D eigenvalue weighted by atomic mass is 16.5. The van der Waals surface area contributed by atoms with Crippen LogP contribution in [0.15, 0.2) is 18.2 Å². The fraction of sp³-hybridized carbons (Fsp3) is 0.591. The fourth-order valence-electron chi connectivity index (χ4n) is 5.28. The molecule has 4 aliphatic rings. The number of nitrogens with one attached hydrogen (secondary N) is 2. The smallest absolute Gasteiger partial charge is 0.255 e. The molecule has 0 saturated carbocycles. The Labute approximate surface area is 175 Å². The first-order valence-corrected chi connectivity index (χ1v) is 10.9. The molecular formula is C22H28N4O4. The van der Waals surface area contributed by atoms with Crippen LogP contribution >= 0.6 is 0 Å². The van der Waals surface area contributed by atoms with Gasteiger partial charge in [0.15, 0.2) is 0 Å². The Kier molecular flexibility index (Phi) is 5.08. The maximum atomic E-state index is 13.0. The van der Waals surface area contributed by atoms with E-state index in [1.165, 1.54) is 0 Å².